The molecule has 1 unspecified atom stereocenters. The fraction of sp³-hybridized carbons (Fsp3) is 0.500. The quantitative estimate of drug-likeness (QED) is 0.733. The molecule has 0 aromatic heterocycles. The fourth-order valence-corrected chi connectivity index (χ4v) is 2.39. The molecule has 1 aromatic carbocycles. The molecule has 1 fully saturated rings. The van der Waals surface area contributed by atoms with Gasteiger partial charge in [0.15, 0.2) is 0 Å². The third kappa shape index (κ3) is 2.47. The lowest BCUT2D eigenvalue weighted by Gasteiger charge is -2.10. The number of hydrogen-bond acceptors (Lipinski definition) is 1. The molecule has 0 bridgehead atoms. The molecule has 0 N–H and O–H groups in total. The van der Waals surface area contributed by atoms with Gasteiger partial charge in [-0.05, 0) is 29.9 Å². The van der Waals surface area contributed by atoms with Gasteiger partial charge in [0.2, 0.25) is 0 Å². The van der Waals surface area contributed by atoms with Crippen molar-refractivity contribution in [3.63, 3.8) is 0 Å². The van der Waals surface area contributed by atoms with Gasteiger partial charge in [0.1, 0.15) is 5.78 Å². The molecular weight excluding hydrogens is 184 g/mol. The van der Waals surface area contributed by atoms with Crippen molar-refractivity contribution in [1.29, 1.82) is 0 Å². The van der Waals surface area contributed by atoms with Crippen molar-refractivity contribution in [3.8, 4) is 0 Å². The van der Waals surface area contributed by atoms with E-state index in [9.17, 15) is 4.79 Å². The Bertz CT molecular complexity index is 354. The first-order chi connectivity index (χ1) is 7.29. The van der Waals surface area contributed by atoms with E-state index in [4.69, 9.17) is 0 Å². The number of Topliss-reactive ketones (excluding diaryl/α,β-unsaturated/α-hetero) is 1. The molecule has 1 atom stereocenters. The Morgan fingerprint density at radius 2 is 2.27 bits per heavy atom. The number of ketones is 1. The molecule has 0 spiro atoms. The van der Waals surface area contributed by atoms with Crippen LogP contribution in [0.3, 0.4) is 0 Å². The van der Waals surface area contributed by atoms with Crippen LogP contribution in [-0.2, 0) is 11.2 Å². The lowest BCUT2D eigenvalue weighted by atomic mass is 9.95. The minimum absolute atomic E-state index is 0.431. The average Bonchev–Trinajstić information content (AvgIpc) is 2.66. The van der Waals surface area contributed by atoms with Crippen LogP contribution in [0.1, 0.15) is 49.7 Å². The normalized spacial score (nSPS) is 20.9. The third-order valence-corrected chi connectivity index (χ3v) is 3.21. The van der Waals surface area contributed by atoms with E-state index in [0.717, 1.165) is 25.7 Å². The van der Waals surface area contributed by atoms with E-state index >= 15 is 0 Å². The summed E-state index contributed by atoms with van der Waals surface area (Å²) in [5.74, 6) is 0.926. The summed E-state index contributed by atoms with van der Waals surface area (Å²) in [6.45, 7) is 2.20. The first-order valence-electron chi connectivity index (χ1n) is 5.90. The second-order valence-electron chi connectivity index (χ2n) is 4.47. The number of benzene rings is 1. The van der Waals surface area contributed by atoms with Gasteiger partial charge in [-0.1, -0.05) is 37.6 Å². The standard InChI is InChI=1S/C14H18O/c1-2-4-11-5-3-6-12(9-11)13-7-8-14(15)10-13/h3,5-6,9,13H,2,4,7-8,10H2,1H3. The smallest absolute Gasteiger partial charge is 0.133 e. The summed E-state index contributed by atoms with van der Waals surface area (Å²) >= 11 is 0. The zero-order valence-corrected chi connectivity index (χ0v) is 9.33. The van der Waals surface area contributed by atoms with E-state index in [1.54, 1.807) is 0 Å². The summed E-state index contributed by atoms with van der Waals surface area (Å²) in [6.07, 6.45) is 4.92. The predicted molar refractivity (Wildman–Crippen MR) is 62.0 cm³/mol. The molecule has 1 aliphatic rings. The number of hydrogen-bond donors (Lipinski definition) is 0. The van der Waals surface area contributed by atoms with Gasteiger partial charge in [-0.2, -0.15) is 0 Å². The van der Waals surface area contributed by atoms with E-state index < -0.39 is 0 Å². The van der Waals surface area contributed by atoms with Crippen LogP contribution in [0, 0.1) is 0 Å². The number of carbonyl (C=O) groups excluding carboxylic acids is 1. The Balaban J connectivity index is 2.14. The Morgan fingerprint density at radius 3 is 2.93 bits per heavy atom. The molecule has 0 heterocycles. The van der Waals surface area contributed by atoms with Gasteiger partial charge in [0.05, 0.1) is 0 Å². The summed E-state index contributed by atoms with van der Waals surface area (Å²) in [4.78, 5) is 11.2. The maximum absolute atomic E-state index is 11.2. The Labute approximate surface area is 91.5 Å². The molecule has 0 radical (unpaired) electrons. The molecule has 1 heteroatoms. The average molecular weight is 202 g/mol. The van der Waals surface area contributed by atoms with Gasteiger partial charge >= 0.3 is 0 Å². The van der Waals surface area contributed by atoms with E-state index in [0.29, 0.717) is 11.7 Å². The highest BCUT2D eigenvalue weighted by atomic mass is 16.1. The molecular formula is C14H18O. The van der Waals surface area contributed by atoms with Crippen LogP contribution >= 0.6 is 0 Å². The molecule has 1 saturated carbocycles. The highest BCUT2D eigenvalue weighted by Crippen LogP contribution is 2.32. The SMILES string of the molecule is CCCc1cccc(C2CCC(=O)C2)c1. The Kier molecular flexibility index (Phi) is 3.20. The Hall–Kier alpha value is -1.11. The lowest BCUT2D eigenvalue weighted by molar-refractivity contribution is -0.117. The maximum atomic E-state index is 11.2. The topological polar surface area (TPSA) is 17.1 Å². The number of carbonyl (C=O) groups is 1. The van der Waals surface area contributed by atoms with Crippen molar-refractivity contribution < 1.29 is 4.79 Å². The molecule has 1 aromatic rings. The first kappa shape index (κ1) is 10.4. The van der Waals surface area contributed by atoms with Gasteiger partial charge in [-0.15, -0.1) is 0 Å². The van der Waals surface area contributed by atoms with Gasteiger partial charge in [0.25, 0.3) is 0 Å². The van der Waals surface area contributed by atoms with E-state index in [1.165, 1.54) is 17.5 Å². The monoisotopic (exact) mass is 202 g/mol. The number of aryl methyl sites for hydroxylation is 1. The second kappa shape index (κ2) is 4.61. The van der Waals surface area contributed by atoms with Crippen molar-refractivity contribution in [1.82, 2.24) is 0 Å². The summed E-state index contributed by atoms with van der Waals surface area (Å²) in [5, 5.41) is 0. The van der Waals surface area contributed by atoms with Crippen LogP contribution in [0.4, 0.5) is 0 Å². The van der Waals surface area contributed by atoms with E-state index in [1.807, 2.05) is 0 Å². The van der Waals surface area contributed by atoms with Crippen LogP contribution in [0.2, 0.25) is 0 Å². The van der Waals surface area contributed by atoms with Crippen molar-refractivity contribution >= 4 is 5.78 Å². The highest BCUT2D eigenvalue weighted by Gasteiger charge is 2.23. The second-order valence-corrected chi connectivity index (χ2v) is 4.47. The lowest BCUT2D eigenvalue weighted by Crippen LogP contribution is -1.95. The minimum atomic E-state index is 0.431. The van der Waals surface area contributed by atoms with Gasteiger partial charge in [-0.25, -0.2) is 0 Å². The van der Waals surface area contributed by atoms with E-state index in [2.05, 4.69) is 31.2 Å². The number of rotatable bonds is 3. The van der Waals surface area contributed by atoms with Gasteiger partial charge in [-0.3, -0.25) is 4.79 Å². The molecule has 15 heavy (non-hydrogen) atoms. The van der Waals surface area contributed by atoms with E-state index in [-0.39, 0.29) is 0 Å². The molecule has 0 aliphatic heterocycles. The first-order valence-corrected chi connectivity index (χ1v) is 5.90. The highest BCUT2D eigenvalue weighted by molar-refractivity contribution is 5.81. The summed E-state index contributed by atoms with van der Waals surface area (Å²) in [7, 11) is 0. The zero-order valence-electron chi connectivity index (χ0n) is 9.33. The summed E-state index contributed by atoms with van der Waals surface area (Å²) < 4.78 is 0. The summed E-state index contributed by atoms with van der Waals surface area (Å²) in [6, 6.07) is 8.77. The van der Waals surface area contributed by atoms with Crippen molar-refractivity contribution in [3.05, 3.63) is 35.4 Å². The van der Waals surface area contributed by atoms with Crippen LogP contribution < -0.4 is 0 Å². The fourth-order valence-electron chi connectivity index (χ4n) is 2.39. The molecule has 0 amide bonds. The molecule has 80 valence electrons. The van der Waals surface area contributed by atoms with Crippen molar-refractivity contribution in [2.75, 3.05) is 0 Å². The zero-order chi connectivity index (χ0) is 10.7. The van der Waals surface area contributed by atoms with Gasteiger partial charge < -0.3 is 0 Å². The molecule has 0 saturated heterocycles. The Morgan fingerprint density at radius 1 is 1.40 bits per heavy atom. The van der Waals surface area contributed by atoms with Crippen LogP contribution in [0.15, 0.2) is 24.3 Å². The summed E-state index contributed by atoms with van der Waals surface area (Å²) in [5.41, 5.74) is 2.78. The molecule has 1 aliphatic carbocycles. The third-order valence-electron chi connectivity index (χ3n) is 3.21. The van der Waals surface area contributed by atoms with Crippen LogP contribution in [0.5, 0.6) is 0 Å². The van der Waals surface area contributed by atoms with Crippen LogP contribution in [0.25, 0.3) is 0 Å². The maximum Gasteiger partial charge on any atom is 0.133 e. The van der Waals surface area contributed by atoms with Gasteiger partial charge in [0, 0.05) is 12.8 Å². The minimum Gasteiger partial charge on any atom is -0.300 e. The largest absolute Gasteiger partial charge is 0.300 e. The molecule has 2 rings (SSSR count). The van der Waals surface area contributed by atoms with Crippen LogP contribution in [-0.4, -0.2) is 5.78 Å². The van der Waals surface area contributed by atoms with Crippen molar-refractivity contribution in [2.45, 2.75) is 44.9 Å². The molecule has 1 nitrogen and oxygen atoms in total. The predicted octanol–water partition coefficient (Wildman–Crippen LogP) is 3.48. The van der Waals surface area contributed by atoms with Crippen molar-refractivity contribution in [2.24, 2.45) is 0 Å².